The molecule has 2 aromatic carbocycles. The Labute approximate surface area is 179 Å². The molecule has 6 heteroatoms. The highest BCUT2D eigenvalue weighted by molar-refractivity contribution is 6.39. The molecular formula is C24H32N4O2. The number of piperazine rings is 1. The quantitative estimate of drug-likeness (QED) is 0.747. The number of nitrogens with zero attached hydrogens (tertiary/aromatic N) is 2. The molecule has 2 N–H and O–H groups in total. The fourth-order valence-electron chi connectivity index (χ4n) is 3.66. The third-order valence-electron chi connectivity index (χ3n) is 5.87. The molecule has 0 aliphatic carbocycles. The van der Waals surface area contributed by atoms with Crippen LogP contribution < -0.4 is 10.6 Å². The maximum atomic E-state index is 12.5. The van der Waals surface area contributed by atoms with Gasteiger partial charge in [-0.2, -0.15) is 0 Å². The van der Waals surface area contributed by atoms with E-state index < -0.39 is 11.8 Å². The van der Waals surface area contributed by atoms with Crippen LogP contribution in [0, 0.1) is 20.8 Å². The third kappa shape index (κ3) is 5.68. The minimum atomic E-state index is -0.640. The molecule has 2 amide bonds. The van der Waals surface area contributed by atoms with E-state index >= 15 is 0 Å². The number of benzene rings is 2. The van der Waals surface area contributed by atoms with E-state index in [0.717, 1.165) is 42.9 Å². The van der Waals surface area contributed by atoms with Crippen molar-refractivity contribution in [3.05, 3.63) is 64.7 Å². The van der Waals surface area contributed by atoms with Crippen molar-refractivity contribution < 1.29 is 9.59 Å². The smallest absolute Gasteiger partial charge is 0.313 e. The third-order valence-corrected chi connectivity index (χ3v) is 5.87. The number of likely N-dealkylation sites (N-methyl/N-ethyl adjacent to an activating group) is 1. The predicted octanol–water partition coefficient (Wildman–Crippen LogP) is 2.66. The fraction of sp³-hybridized carbons (Fsp3) is 0.417. The summed E-state index contributed by atoms with van der Waals surface area (Å²) < 4.78 is 0. The Morgan fingerprint density at radius 3 is 2.20 bits per heavy atom. The summed E-state index contributed by atoms with van der Waals surface area (Å²) in [4.78, 5) is 29.5. The summed E-state index contributed by atoms with van der Waals surface area (Å²) in [5, 5.41) is 5.54. The van der Waals surface area contributed by atoms with Crippen LogP contribution in [0.2, 0.25) is 0 Å². The van der Waals surface area contributed by atoms with E-state index in [0.29, 0.717) is 12.2 Å². The van der Waals surface area contributed by atoms with Gasteiger partial charge in [-0.3, -0.25) is 14.5 Å². The Balaban J connectivity index is 1.65. The first-order valence-corrected chi connectivity index (χ1v) is 10.5. The van der Waals surface area contributed by atoms with E-state index in [2.05, 4.69) is 58.7 Å². The van der Waals surface area contributed by atoms with Gasteiger partial charge in [0.15, 0.2) is 0 Å². The van der Waals surface area contributed by atoms with Gasteiger partial charge < -0.3 is 15.5 Å². The van der Waals surface area contributed by atoms with E-state index in [1.807, 2.05) is 32.0 Å². The Bertz CT molecular complexity index is 887. The van der Waals surface area contributed by atoms with Gasteiger partial charge in [0.25, 0.3) is 0 Å². The molecule has 1 aliphatic rings. The van der Waals surface area contributed by atoms with Crippen molar-refractivity contribution in [2.75, 3.05) is 45.1 Å². The van der Waals surface area contributed by atoms with Gasteiger partial charge in [-0.25, -0.2) is 0 Å². The van der Waals surface area contributed by atoms with Crippen molar-refractivity contribution in [1.82, 2.24) is 15.1 Å². The molecule has 1 saturated heterocycles. The highest BCUT2D eigenvalue weighted by atomic mass is 16.2. The van der Waals surface area contributed by atoms with E-state index in [-0.39, 0.29) is 6.04 Å². The summed E-state index contributed by atoms with van der Waals surface area (Å²) in [6, 6.07) is 14.1. The van der Waals surface area contributed by atoms with Crippen molar-refractivity contribution in [2.45, 2.75) is 26.8 Å². The number of aryl methyl sites for hydroxylation is 3. The minimum Gasteiger partial charge on any atom is -0.346 e. The van der Waals surface area contributed by atoms with E-state index in [1.54, 1.807) is 0 Å². The molecule has 0 saturated carbocycles. The first-order chi connectivity index (χ1) is 14.3. The summed E-state index contributed by atoms with van der Waals surface area (Å²) in [7, 11) is 2.12. The van der Waals surface area contributed by atoms with Gasteiger partial charge in [0, 0.05) is 38.4 Å². The normalized spacial score (nSPS) is 16.1. The largest absolute Gasteiger partial charge is 0.346 e. The van der Waals surface area contributed by atoms with Gasteiger partial charge in [-0.05, 0) is 56.6 Å². The van der Waals surface area contributed by atoms with E-state index in [9.17, 15) is 9.59 Å². The molecule has 0 spiro atoms. The van der Waals surface area contributed by atoms with Crippen molar-refractivity contribution >= 4 is 17.5 Å². The molecule has 1 atom stereocenters. The van der Waals surface area contributed by atoms with Gasteiger partial charge in [0.2, 0.25) is 0 Å². The molecule has 160 valence electrons. The summed E-state index contributed by atoms with van der Waals surface area (Å²) >= 11 is 0. The second-order valence-corrected chi connectivity index (χ2v) is 8.23. The van der Waals surface area contributed by atoms with Crippen molar-refractivity contribution in [1.29, 1.82) is 0 Å². The SMILES string of the molecule is Cc1ccc([C@@H](CNC(=O)C(=O)Nc2ccc(C)c(C)c2)N2CCN(C)CC2)cc1. The maximum Gasteiger partial charge on any atom is 0.313 e. The zero-order valence-corrected chi connectivity index (χ0v) is 18.4. The summed E-state index contributed by atoms with van der Waals surface area (Å²) in [5.74, 6) is -1.25. The molecule has 1 heterocycles. The predicted molar refractivity (Wildman–Crippen MR) is 121 cm³/mol. The second-order valence-electron chi connectivity index (χ2n) is 8.23. The molecule has 3 rings (SSSR count). The van der Waals surface area contributed by atoms with Crippen LogP contribution in [-0.2, 0) is 9.59 Å². The van der Waals surface area contributed by atoms with E-state index in [1.165, 1.54) is 5.56 Å². The topological polar surface area (TPSA) is 64.7 Å². The Morgan fingerprint density at radius 1 is 0.900 bits per heavy atom. The molecule has 0 bridgehead atoms. The zero-order chi connectivity index (χ0) is 21.7. The number of anilines is 1. The number of amides is 2. The van der Waals surface area contributed by atoms with Gasteiger partial charge in [-0.15, -0.1) is 0 Å². The van der Waals surface area contributed by atoms with Gasteiger partial charge in [0.05, 0.1) is 6.04 Å². The van der Waals surface area contributed by atoms with Gasteiger partial charge in [-0.1, -0.05) is 35.9 Å². The van der Waals surface area contributed by atoms with E-state index in [4.69, 9.17) is 0 Å². The second kappa shape index (κ2) is 9.87. The summed E-state index contributed by atoms with van der Waals surface area (Å²) in [6.07, 6.45) is 0. The molecule has 0 unspecified atom stereocenters. The number of carbonyl (C=O) groups is 2. The van der Waals surface area contributed by atoms with Crippen LogP contribution in [-0.4, -0.2) is 61.4 Å². The Kier molecular flexibility index (Phi) is 7.24. The Hall–Kier alpha value is -2.70. The van der Waals surface area contributed by atoms with Crippen LogP contribution in [0.3, 0.4) is 0 Å². The highest BCUT2D eigenvalue weighted by Crippen LogP contribution is 2.22. The lowest BCUT2D eigenvalue weighted by Crippen LogP contribution is -2.49. The number of hydrogen-bond acceptors (Lipinski definition) is 4. The van der Waals surface area contributed by atoms with Crippen molar-refractivity contribution in [2.24, 2.45) is 0 Å². The maximum absolute atomic E-state index is 12.5. The minimum absolute atomic E-state index is 0.0395. The fourth-order valence-corrected chi connectivity index (χ4v) is 3.66. The molecule has 1 fully saturated rings. The van der Waals surface area contributed by atoms with Gasteiger partial charge in [0.1, 0.15) is 0 Å². The molecule has 0 radical (unpaired) electrons. The number of rotatable bonds is 5. The lowest BCUT2D eigenvalue weighted by Gasteiger charge is -2.38. The Morgan fingerprint density at radius 2 is 1.57 bits per heavy atom. The first kappa shape index (κ1) is 22.0. The van der Waals surface area contributed by atoms with Crippen LogP contribution in [0.25, 0.3) is 0 Å². The lowest BCUT2D eigenvalue weighted by atomic mass is 10.0. The van der Waals surface area contributed by atoms with Crippen molar-refractivity contribution in [3.8, 4) is 0 Å². The van der Waals surface area contributed by atoms with Crippen LogP contribution in [0.1, 0.15) is 28.3 Å². The standard InChI is InChI=1S/C24H32N4O2/c1-17-5-8-20(9-6-17)22(28-13-11-27(4)12-14-28)16-25-23(29)24(30)26-21-10-7-18(2)19(3)15-21/h5-10,15,22H,11-14,16H2,1-4H3,(H,25,29)(H,26,30)/t22-/m1/s1. The number of carbonyl (C=O) groups excluding carboxylic acids is 2. The average Bonchev–Trinajstić information content (AvgIpc) is 2.73. The summed E-state index contributed by atoms with van der Waals surface area (Å²) in [5.41, 5.74) is 5.20. The monoisotopic (exact) mass is 408 g/mol. The molecule has 0 aromatic heterocycles. The molecule has 30 heavy (non-hydrogen) atoms. The highest BCUT2D eigenvalue weighted by Gasteiger charge is 2.25. The van der Waals surface area contributed by atoms with Crippen molar-refractivity contribution in [3.63, 3.8) is 0 Å². The van der Waals surface area contributed by atoms with Crippen LogP contribution in [0.5, 0.6) is 0 Å². The number of nitrogens with one attached hydrogen (secondary N) is 2. The number of hydrogen-bond donors (Lipinski definition) is 2. The van der Waals surface area contributed by atoms with Crippen LogP contribution in [0.15, 0.2) is 42.5 Å². The van der Waals surface area contributed by atoms with Crippen LogP contribution in [0.4, 0.5) is 5.69 Å². The molecule has 1 aliphatic heterocycles. The lowest BCUT2D eigenvalue weighted by molar-refractivity contribution is -0.136. The average molecular weight is 409 g/mol. The molecule has 6 nitrogen and oxygen atoms in total. The summed E-state index contributed by atoms with van der Waals surface area (Å²) in [6.45, 7) is 10.3. The first-order valence-electron chi connectivity index (χ1n) is 10.5. The molecule has 2 aromatic rings. The molecular weight excluding hydrogens is 376 g/mol. The van der Waals surface area contributed by atoms with Crippen LogP contribution >= 0.6 is 0 Å². The zero-order valence-electron chi connectivity index (χ0n) is 18.4. The van der Waals surface area contributed by atoms with Gasteiger partial charge >= 0.3 is 11.8 Å².